The summed E-state index contributed by atoms with van der Waals surface area (Å²) in [5, 5.41) is 10.5. The molecule has 0 aromatic rings. The third kappa shape index (κ3) is 18.3. The second kappa shape index (κ2) is 20.5. The third-order valence-electron chi connectivity index (χ3n) is 3.88. The first-order valence-corrected chi connectivity index (χ1v) is 12.1. The van der Waals surface area contributed by atoms with Gasteiger partial charge < -0.3 is 26.1 Å². The zero-order valence-corrected chi connectivity index (χ0v) is 20.8. The van der Waals surface area contributed by atoms with Crippen LogP contribution >= 0.6 is 21.6 Å². The number of carboxylic acids is 1. The van der Waals surface area contributed by atoms with E-state index < -0.39 is 30.0 Å². The predicted octanol–water partition coefficient (Wildman–Crippen LogP) is -1.23. The van der Waals surface area contributed by atoms with Crippen LogP contribution in [-0.4, -0.2) is 41.5 Å². The summed E-state index contributed by atoms with van der Waals surface area (Å²) < 4.78 is 4.75. The molecule has 0 unspecified atom stereocenters. The van der Waals surface area contributed by atoms with Crippen molar-refractivity contribution in [3.8, 4) is 0 Å². The van der Waals surface area contributed by atoms with Crippen LogP contribution in [0.3, 0.4) is 0 Å². The average molecular weight is 445 g/mol. The van der Waals surface area contributed by atoms with Crippen LogP contribution in [-0.2, 0) is 19.1 Å². The molecule has 0 radical (unpaired) electrons. The Morgan fingerprint density at radius 1 is 0.857 bits per heavy atom. The van der Waals surface area contributed by atoms with Crippen molar-refractivity contribution in [1.82, 2.24) is 0 Å². The molecule has 0 amide bonds. The van der Waals surface area contributed by atoms with Crippen molar-refractivity contribution in [2.24, 2.45) is 11.5 Å². The molecule has 0 spiro atoms. The summed E-state index contributed by atoms with van der Waals surface area (Å²) in [6.45, 7) is 2.20. The monoisotopic (exact) mass is 444 g/mol. The van der Waals surface area contributed by atoms with Crippen molar-refractivity contribution < 1.29 is 53.8 Å². The molecule has 0 saturated carbocycles. The molecular formula is C18H33N2NaO5S2. The number of carboxylic acid groups (broad SMARTS) is 1. The number of carbonyl (C=O) groups is 3. The van der Waals surface area contributed by atoms with Crippen molar-refractivity contribution in [3.05, 3.63) is 0 Å². The van der Waals surface area contributed by atoms with Crippen LogP contribution in [0.15, 0.2) is 0 Å². The van der Waals surface area contributed by atoms with Crippen LogP contribution < -0.4 is 46.1 Å². The molecule has 0 aliphatic rings. The van der Waals surface area contributed by atoms with Gasteiger partial charge in [0.15, 0.2) is 0 Å². The normalized spacial score (nSPS) is 12.7. The van der Waals surface area contributed by atoms with E-state index in [1.54, 1.807) is 0 Å². The van der Waals surface area contributed by atoms with Gasteiger partial charge in [-0.05, 0) is 6.42 Å². The van der Waals surface area contributed by atoms with Gasteiger partial charge in [-0.2, -0.15) is 0 Å². The first kappa shape index (κ1) is 30.4. The summed E-state index contributed by atoms with van der Waals surface area (Å²) in [7, 11) is 2.38. The van der Waals surface area contributed by atoms with E-state index in [1.807, 2.05) is 0 Å². The fraction of sp³-hybridized carbons (Fsp3) is 0.833. The SMILES string of the molecule is CCCCCCCCCCCC(=O)OC(=O)[C@@H](N)CSSC[C@H](N)C(=O)[O-].[Na+]. The molecule has 0 fully saturated rings. The Bertz CT molecular complexity index is 444. The van der Waals surface area contributed by atoms with Gasteiger partial charge in [-0.3, -0.25) is 4.79 Å². The van der Waals surface area contributed by atoms with Gasteiger partial charge in [-0.25, -0.2) is 4.79 Å². The average Bonchev–Trinajstić information content (AvgIpc) is 2.63. The summed E-state index contributed by atoms with van der Waals surface area (Å²) in [4.78, 5) is 33.9. The Labute approximate surface area is 198 Å². The molecular weight excluding hydrogens is 411 g/mol. The van der Waals surface area contributed by atoms with Crippen LogP contribution in [0.4, 0.5) is 0 Å². The predicted molar refractivity (Wildman–Crippen MR) is 109 cm³/mol. The minimum Gasteiger partial charge on any atom is -0.548 e. The number of esters is 2. The van der Waals surface area contributed by atoms with E-state index in [2.05, 4.69) is 6.92 Å². The maximum absolute atomic E-state index is 11.7. The maximum Gasteiger partial charge on any atom is 1.00 e. The van der Waals surface area contributed by atoms with Crippen molar-refractivity contribution in [3.63, 3.8) is 0 Å². The summed E-state index contributed by atoms with van der Waals surface area (Å²) in [5.74, 6) is -2.28. The van der Waals surface area contributed by atoms with Crippen molar-refractivity contribution in [1.29, 1.82) is 0 Å². The Morgan fingerprint density at radius 3 is 1.82 bits per heavy atom. The molecule has 0 saturated heterocycles. The second-order valence-corrected chi connectivity index (χ2v) is 9.02. The quantitative estimate of drug-likeness (QED) is 0.0929. The van der Waals surface area contributed by atoms with Gasteiger partial charge in [0.2, 0.25) is 0 Å². The summed E-state index contributed by atoms with van der Waals surface area (Å²) in [6, 6.07) is -2.00. The molecule has 2 atom stereocenters. The van der Waals surface area contributed by atoms with Crippen LogP contribution in [0.2, 0.25) is 0 Å². The Balaban J connectivity index is 0. The molecule has 7 nitrogen and oxygen atoms in total. The van der Waals surface area contributed by atoms with E-state index in [0.717, 1.165) is 12.8 Å². The van der Waals surface area contributed by atoms with E-state index in [0.29, 0.717) is 6.42 Å². The fourth-order valence-corrected chi connectivity index (χ4v) is 4.41. The molecule has 4 N–H and O–H groups in total. The second-order valence-electron chi connectivity index (χ2n) is 6.47. The van der Waals surface area contributed by atoms with E-state index in [1.165, 1.54) is 60.1 Å². The van der Waals surface area contributed by atoms with Gasteiger partial charge in [0.25, 0.3) is 0 Å². The van der Waals surface area contributed by atoms with E-state index in [4.69, 9.17) is 16.2 Å². The van der Waals surface area contributed by atoms with Gasteiger partial charge >= 0.3 is 41.5 Å². The maximum atomic E-state index is 11.7. The number of hydrogen-bond acceptors (Lipinski definition) is 9. The van der Waals surface area contributed by atoms with Crippen molar-refractivity contribution >= 4 is 39.5 Å². The molecule has 28 heavy (non-hydrogen) atoms. The van der Waals surface area contributed by atoms with Crippen LogP contribution in [0, 0.1) is 0 Å². The Morgan fingerprint density at radius 2 is 1.32 bits per heavy atom. The van der Waals surface area contributed by atoms with Gasteiger partial charge in [0.05, 0.1) is 12.0 Å². The zero-order valence-electron chi connectivity index (χ0n) is 17.2. The number of unbranched alkanes of at least 4 members (excludes halogenated alkanes) is 8. The molecule has 0 aliphatic carbocycles. The van der Waals surface area contributed by atoms with E-state index in [9.17, 15) is 19.5 Å². The van der Waals surface area contributed by atoms with Crippen LogP contribution in [0.1, 0.15) is 71.1 Å². The van der Waals surface area contributed by atoms with Gasteiger partial charge in [0, 0.05) is 17.9 Å². The Hall–Kier alpha value is 0.230. The Kier molecular flexibility index (Phi) is 22.3. The number of hydrogen-bond donors (Lipinski definition) is 2. The molecule has 0 aliphatic heterocycles. The minimum absolute atomic E-state index is 0. The number of rotatable bonds is 17. The topological polar surface area (TPSA) is 136 Å². The molecule has 0 rings (SSSR count). The molecule has 0 heterocycles. The number of carbonyl (C=O) groups excluding carboxylic acids is 3. The van der Waals surface area contributed by atoms with Crippen LogP contribution in [0.5, 0.6) is 0 Å². The number of nitrogens with two attached hydrogens (primary N) is 2. The molecule has 10 heteroatoms. The van der Waals surface area contributed by atoms with Crippen molar-refractivity contribution in [2.75, 3.05) is 11.5 Å². The first-order valence-electron chi connectivity index (χ1n) is 9.59. The summed E-state index contributed by atoms with van der Waals surface area (Å²) >= 11 is 0. The number of aliphatic carboxylic acids is 1. The minimum atomic E-state index is -1.33. The van der Waals surface area contributed by atoms with Crippen molar-refractivity contribution in [2.45, 2.75) is 83.2 Å². The molecule has 0 bridgehead atoms. The fourth-order valence-electron chi connectivity index (χ4n) is 2.20. The molecule has 0 aromatic carbocycles. The van der Waals surface area contributed by atoms with Gasteiger partial charge in [-0.1, -0.05) is 79.9 Å². The first-order chi connectivity index (χ1) is 12.9. The largest absolute Gasteiger partial charge is 1.00 e. The summed E-state index contributed by atoms with van der Waals surface area (Å²) in [6.07, 6.45) is 10.5. The smallest absolute Gasteiger partial charge is 0.548 e. The third-order valence-corrected chi connectivity index (χ3v) is 6.36. The van der Waals surface area contributed by atoms with Gasteiger partial charge in [-0.15, -0.1) is 0 Å². The van der Waals surface area contributed by atoms with E-state index in [-0.39, 0.29) is 47.5 Å². The molecule has 0 aromatic heterocycles. The molecule has 158 valence electrons. The standard InChI is InChI=1S/C18H34N2O5S2.Na/c1-2-3-4-5-6-7-8-9-10-11-16(21)25-18(24)15(20)13-27-26-12-14(19)17(22)23;/h14-15H,2-13,19-20H2,1H3,(H,22,23);/q;+1/p-1/t14-,15-;/m0./s1. The number of ether oxygens (including phenoxy) is 1. The van der Waals surface area contributed by atoms with Crippen LogP contribution in [0.25, 0.3) is 0 Å². The zero-order chi connectivity index (χ0) is 20.5. The van der Waals surface area contributed by atoms with Gasteiger partial charge in [0.1, 0.15) is 6.04 Å². The van der Waals surface area contributed by atoms with E-state index >= 15 is 0 Å². The summed E-state index contributed by atoms with van der Waals surface area (Å²) in [5.41, 5.74) is 11.0.